The van der Waals surface area contributed by atoms with E-state index in [1.807, 2.05) is 52.2 Å². The molecule has 0 amide bonds. The van der Waals surface area contributed by atoms with Gasteiger partial charge >= 0.3 is 5.97 Å². The third kappa shape index (κ3) is 7.84. The van der Waals surface area contributed by atoms with Crippen molar-refractivity contribution in [3.05, 3.63) is 45.4 Å². The van der Waals surface area contributed by atoms with Gasteiger partial charge in [-0.25, -0.2) is 9.78 Å². The predicted molar refractivity (Wildman–Crippen MR) is 125 cm³/mol. The number of likely N-dealkylation sites (N-methyl/N-ethyl adjacent to an activating group) is 1. The molecule has 1 heterocycles. The molecule has 8 nitrogen and oxygen atoms in total. The minimum Gasteiger partial charge on any atom is -0.492 e. The minimum atomic E-state index is -0.328. The molecule has 0 radical (unpaired) electrons. The maximum Gasteiger partial charge on any atom is 0.350 e. The average Bonchev–Trinajstić information content (AvgIpc) is 3.13. The van der Waals surface area contributed by atoms with Crippen LogP contribution >= 0.6 is 11.3 Å². The molecule has 0 aliphatic heterocycles. The van der Waals surface area contributed by atoms with Crippen molar-refractivity contribution < 1.29 is 14.3 Å². The van der Waals surface area contributed by atoms with Crippen molar-refractivity contribution in [1.82, 2.24) is 20.5 Å². The molecule has 1 atom stereocenters. The Morgan fingerprint density at radius 3 is 2.81 bits per heavy atom. The summed E-state index contributed by atoms with van der Waals surface area (Å²) in [5.41, 5.74) is 1.77. The molecule has 1 unspecified atom stereocenters. The van der Waals surface area contributed by atoms with Crippen LogP contribution in [0.2, 0.25) is 0 Å². The summed E-state index contributed by atoms with van der Waals surface area (Å²) in [5, 5.41) is 7.44. The lowest BCUT2D eigenvalue weighted by atomic mass is 10.2. The monoisotopic (exact) mass is 447 g/mol. The van der Waals surface area contributed by atoms with Gasteiger partial charge in [0.05, 0.1) is 18.3 Å². The molecular formula is C22H33N5O3S. The smallest absolute Gasteiger partial charge is 0.350 e. The Hall–Kier alpha value is -2.65. The number of esters is 1. The number of hydrogen-bond donors (Lipinski definition) is 2. The van der Waals surface area contributed by atoms with E-state index in [-0.39, 0.29) is 12.0 Å². The second kappa shape index (κ2) is 12.3. The topological polar surface area (TPSA) is 88.1 Å². The number of carbonyl (C=O) groups excluding carboxylic acids is 1. The number of guanidine groups is 1. The van der Waals surface area contributed by atoms with Gasteiger partial charge in [-0.2, -0.15) is 0 Å². The maximum absolute atomic E-state index is 12.0. The molecule has 2 aromatic rings. The third-order valence-electron chi connectivity index (χ3n) is 4.39. The normalized spacial score (nSPS) is 12.5. The predicted octanol–water partition coefficient (Wildman–Crippen LogP) is 2.99. The van der Waals surface area contributed by atoms with E-state index in [0.717, 1.165) is 22.9 Å². The molecule has 1 aromatic heterocycles. The van der Waals surface area contributed by atoms with E-state index < -0.39 is 0 Å². The molecule has 2 N–H and O–H groups in total. The highest BCUT2D eigenvalue weighted by molar-refractivity contribution is 7.13. The van der Waals surface area contributed by atoms with E-state index in [9.17, 15) is 4.79 Å². The van der Waals surface area contributed by atoms with Crippen LogP contribution in [0.5, 0.6) is 5.75 Å². The summed E-state index contributed by atoms with van der Waals surface area (Å²) in [7, 11) is 5.77. The van der Waals surface area contributed by atoms with E-state index in [1.54, 1.807) is 14.0 Å². The largest absolute Gasteiger partial charge is 0.492 e. The van der Waals surface area contributed by atoms with Crippen LogP contribution in [0.25, 0.3) is 0 Å². The summed E-state index contributed by atoms with van der Waals surface area (Å²) in [5.74, 6) is 1.17. The van der Waals surface area contributed by atoms with Crippen LogP contribution in [-0.2, 0) is 11.3 Å². The van der Waals surface area contributed by atoms with E-state index >= 15 is 0 Å². The van der Waals surface area contributed by atoms with Gasteiger partial charge in [0.2, 0.25) is 0 Å². The number of nitrogens with zero attached hydrogens (tertiary/aromatic N) is 3. The number of ether oxygens (including phenoxy) is 2. The highest BCUT2D eigenvalue weighted by Gasteiger charge is 2.20. The Kier molecular flexibility index (Phi) is 9.74. The van der Waals surface area contributed by atoms with Crippen LogP contribution in [0.1, 0.15) is 45.8 Å². The highest BCUT2D eigenvalue weighted by atomic mass is 32.1. The first-order chi connectivity index (χ1) is 14.8. The first-order valence-electron chi connectivity index (χ1n) is 10.3. The summed E-state index contributed by atoms with van der Waals surface area (Å²) in [4.78, 5) is 23.5. The summed E-state index contributed by atoms with van der Waals surface area (Å²) < 4.78 is 10.9. The molecule has 0 bridgehead atoms. The van der Waals surface area contributed by atoms with Gasteiger partial charge in [-0.05, 0) is 52.6 Å². The summed E-state index contributed by atoms with van der Waals surface area (Å²) in [6, 6.07) is 7.89. The average molecular weight is 448 g/mol. The van der Waals surface area contributed by atoms with Crippen molar-refractivity contribution in [2.24, 2.45) is 4.99 Å². The van der Waals surface area contributed by atoms with Crippen LogP contribution in [0.3, 0.4) is 0 Å². The zero-order valence-corrected chi connectivity index (χ0v) is 20.0. The molecule has 0 spiro atoms. The second-order valence-electron chi connectivity index (χ2n) is 7.28. The van der Waals surface area contributed by atoms with Crippen molar-refractivity contribution in [3.8, 4) is 5.75 Å². The highest BCUT2D eigenvalue weighted by Crippen LogP contribution is 2.24. The van der Waals surface area contributed by atoms with Crippen molar-refractivity contribution >= 4 is 23.3 Å². The molecule has 0 aliphatic rings. The number of nitrogens with one attached hydrogen (secondary N) is 2. The standard InChI is InChI=1S/C22H33N5O3S/c1-7-29-21(28)19-15(2)25-20(31-19)16(3)26-22(23-4)24-14-17-9-8-10-18(13-17)30-12-11-27(5)6/h8-10,13,16H,7,11-12,14H2,1-6H3,(H2,23,24,26). The van der Waals surface area contributed by atoms with E-state index in [4.69, 9.17) is 9.47 Å². The molecule has 170 valence electrons. The Bertz CT molecular complexity index is 882. The van der Waals surface area contributed by atoms with Gasteiger partial charge < -0.3 is 25.0 Å². The van der Waals surface area contributed by atoms with Crippen LogP contribution in [0, 0.1) is 6.92 Å². The Morgan fingerprint density at radius 1 is 1.35 bits per heavy atom. The molecular weight excluding hydrogens is 414 g/mol. The number of rotatable bonds is 10. The number of aryl methyl sites for hydroxylation is 1. The molecule has 0 fully saturated rings. The molecule has 9 heteroatoms. The Morgan fingerprint density at radius 2 is 2.13 bits per heavy atom. The maximum atomic E-state index is 12.0. The number of aromatic nitrogens is 1. The Labute approximate surface area is 188 Å². The summed E-state index contributed by atoms with van der Waals surface area (Å²) in [6.45, 7) is 8.05. The number of hydrogen-bond acceptors (Lipinski definition) is 7. The van der Waals surface area contributed by atoms with Crippen molar-refractivity contribution in [2.45, 2.75) is 33.4 Å². The van der Waals surface area contributed by atoms with Crippen molar-refractivity contribution in [1.29, 1.82) is 0 Å². The Balaban J connectivity index is 1.93. The van der Waals surface area contributed by atoms with Crippen LogP contribution in [0.15, 0.2) is 29.3 Å². The minimum absolute atomic E-state index is 0.112. The zero-order chi connectivity index (χ0) is 22.8. The molecule has 2 rings (SSSR count). The molecule has 0 aliphatic carbocycles. The fourth-order valence-electron chi connectivity index (χ4n) is 2.73. The summed E-state index contributed by atoms with van der Waals surface area (Å²) >= 11 is 1.34. The lowest BCUT2D eigenvalue weighted by Crippen LogP contribution is -2.38. The lowest BCUT2D eigenvalue weighted by Gasteiger charge is -2.16. The van der Waals surface area contributed by atoms with E-state index in [0.29, 0.717) is 36.3 Å². The molecule has 0 saturated heterocycles. The molecule has 0 saturated carbocycles. The van der Waals surface area contributed by atoms with Crippen LogP contribution in [-0.4, -0.2) is 62.7 Å². The SMILES string of the molecule is CCOC(=O)c1sc(C(C)NC(=NC)NCc2cccc(OCCN(C)C)c2)nc1C. The lowest BCUT2D eigenvalue weighted by molar-refractivity contribution is 0.0531. The number of benzene rings is 1. The van der Waals surface area contributed by atoms with Gasteiger partial charge in [-0.15, -0.1) is 11.3 Å². The first kappa shape index (κ1) is 24.6. The van der Waals surface area contributed by atoms with Gasteiger partial charge in [0.1, 0.15) is 22.2 Å². The molecule has 1 aromatic carbocycles. The van der Waals surface area contributed by atoms with Gasteiger partial charge in [0, 0.05) is 20.1 Å². The van der Waals surface area contributed by atoms with Gasteiger partial charge in [0.15, 0.2) is 5.96 Å². The number of aliphatic imine (C=N–C) groups is 1. The number of thiazole rings is 1. The van der Waals surface area contributed by atoms with Crippen LogP contribution in [0.4, 0.5) is 0 Å². The van der Waals surface area contributed by atoms with Gasteiger partial charge in [-0.3, -0.25) is 4.99 Å². The zero-order valence-electron chi connectivity index (χ0n) is 19.2. The fourth-order valence-corrected chi connectivity index (χ4v) is 3.69. The van der Waals surface area contributed by atoms with Crippen LogP contribution < -0.4 is 15.4 Å². The van der Waals surface area contributed by atoms with E-state index in [2.05, 4.69) is 25.5 Å². The summed E-state index contributed by atoms with van der Waals surface area (Å²) in [6.07, 6.45) is 0. The van der Waals surface area contributed by atoms with Crippen molar-refractivity contribution in [3.63, 3.8) is 0 Å². The molecule has 31 heavy (non-hydrogen) atoms. The van der Waals surface area contributed by atoms with Gasteiger partial charge in [-0.1, -0.05) is 12.1 Å². The fraction of sp³-hybridized carbons (Fsp3) is 0.500. The third-order valence-corrected chi connectivity index (χ3v) is 5.71. The van der Waals surface area contributed by atoms with Gasteiger partial charge in [0.25, 0.3) is 0 Å². The first-order valence-corrected chi connectivity index (χ1v) is 11.1. The number of carbonyl (C=O) groups is 1. The second-order valence-corrected chi connectivity index (χ2v) is 8.31. The quantitative estimate of drug-likeness (QED) is 0.329. The van der Waals surface area contributed by atoms with E-state index in [1.165, 1.54) is 11.3 Å². The van der Waals surface area contributed by atoms with Crippen molar-refractivity contribution in [2.75, 3.05) is 40.9 Å².